The third-order valence-electron chi connectivity index (χ3n) is 4.41. The van der Waals surface area contributed by atoms with E-state index in [0.29, 0.717) is 24.3 Å². The van der Waals surface area contributed by atoms with Crippen LogP contribution in [0, 0.1) is 11.7 Å². The number of carbonyl (C=O) groups excluding carboxylic acids is 1. The average Bonchev–Trinajstić information content (AvgIpc) is 3.33. The monoisotopic (exact) mass is 456 g/mol. The third kappa shape index (κ3) is 5.21. The van der Waals surface area contributed by atoms with Gasteiger partial charge in [0, 0.05) is 12.1 Å². The topological polar surface area (TPSA) is 67.3 Å². The van der Waals surface area contributed by atoms with Crippen LogP contribution < -0.4 is 5.43 Å². The molecule has 2 aromatic heterocycles. The number of nitrogens with zero attached hydrogens (tertiary/aromatic N) is 3. The molecule has 0 aliphatic carbocycles. The zero-order chi connectivity index (χ0) is 21.0. The minimum atomic E-state index is -0.556. The maximum absolute atomic E-state index is 15.1. The predicted molar refractivity (Wildman–Crippen MR) is 116 cm³/mol. The van der Waals surface area contributed by atoms with Crippen molar-refractivity contribution >= 4 is 46.5 Å². The lowest BCUT2D eigenvalue weighted by atomic mass is 10.1. The number of anilines is 1. The summed E-state index contributed by atoms with van der Waals surface area (Å²) in [6.45, 7) is 6.15. The summed E-state index contributed by atoms with van der Waals surface area (Å²) < 4.78 is 20.1. The molecule has 1 N–H and O–H groups in total. The molecule has 29 heavy (non-hydrogen) atoms. The second-order valence-electron chi connectivity index (χ2n) is 6.57. The van der Waals surface area contributed by atoms with Crippen molar-refractivity contribution in [3.63, 3.8) is 0 Å². The number of halogens is 2. The summed E-state index contributed by atoms with van der Waals surface area (Å²) in [7, 11) is 0. The summed E-state index contributed by atoms with van der Waals surface area (Å²) in [6, 6.07) is 3.61. The van der Waals surface area contributed by atoms with Crippen molar-refractivity contribution in [1.29, 1.82) is 0 Å². The van der Waals surface area contributed by atoms with Gasteiger partial charge in [0.15, 0.2) is 11.6 Å². The van der Waals surface area contributed by atoms with E-state index in [0.717, 1.165) is 5.70 Å². The largest absolute Gasteiger partial charge is 0.466 e. The summed E-state index contributed by atoms with van der Waals surface area (Å²) >= 11 is 9.06. The van der Waals surface area contributed by atoms with Crippen molar-refractivity contribution in [2.45, 2.75) is 39.0 Å². The average molecular weight is 457 g/mol. The van der Waals surface area contributed by atoms with Gasteiger partial charge in [0.1, 0.15) is 11.1 Å². The van der Waals surface area contributed by atoms with Gasteiger partial charge in [-0.25, -0.2) is 9.37 Å². The molecule has 3 heterocycles. The van der Waals surface area contributed by atoms with Gasteiger partial charge in [-0.2, -0.15) is 4.98 Å². The Morgan fingerprint density at radius 2 is 2.28 bits per heavy atom. The number of nitrogens with one attached hydrogen (secondary N) is 1. The van der Waals surface area contributed by atoms with E-state index < -0.39 is 5.82 Å². The first kappa shape index (κ1) is 21.9. The molecule has 10 heteroatoms. The summed E-state index contributed by atoms with van der Waals surface area (Å²) in [5.41, 5.74) is 4.16. The van der Waals surface area contributed by atoms with Crippen LogP contribution in [0.4, 0.5) is 10.2 Å². The van der Waals surface area contributed by atoms with Gasteiger partial charge in [0.2, 0.25) is 5.28 Å². The number of ether oxygens (including phenoxy) is 1. The third-order valence-corrected chi connectivity index (χ3v) is 6.89. The van der Waals surface area contributed by atoms with Crippen LogP contribution in [0.3, 0.4) is 0 Å². The summed E-state index contributed by atoms with van der Waals surface area (Å²) in [5, 5.41) is 5.66. The van der Waals surface area contributed by atoms with Gasteiger partial charge in [0.25, 0.3) is 0 Å². The first-order chi connectivity index (χ1) is 13.9. The van der Waals surface area contributed by atoms with Crippen molar-refractivity contribution in [2.75, 3.05) is 12.0 Å². The Morgan fingerprint density at radius 1 is 1.48 bits per heavy atom. The molecule has 2 unspecified atom stereocenters. The van der Waals surface area contributed by atoms with E-state index >= 15 is 4.39 Å². The lowest BCUT2D eigenvalue weighted by molar-refractivity contribution is -0.143. The van der Waals surface area contributed by atoms with Crippen molar-refractivity contribution in [3.8, 4) is 10.6 Å². The van der Waals surface area contributed by atoms with Crippen molar-refractivity contribution in [1.82, 2.24) is 15.0 Å². The Bertz CT molecular complexity index is 895. The first-order valence-corrected chi connectivity index (χ1v) is 11.4. The molecule has 2 atom stereocenters. The number of thioether (sulfide) groups is 1. The highest BCUT2D eigenvalue weighted by molar-refractivity contribution is 8.02. The van der Waals surface area contributed by atoms with Crippen LogP contribution in [0.15, 0.2) is 28.6 Å². The van der Waals surface area contributed by atoms with Crippen molar-refractivity contribution in [2.24, 2.45) is 5.92 Å². The maximum atomic E-state index is 15.1. The molecule has 0 aromatic carbocycles. The van der Waals surface area contributed by atoms with E-state index in [2.05, 4.69) is 22.3 Å². The smallest absolute Gasteiger partial charge is 0.305 e. The molecule has 0 saturated heterocycles. The zero-order valence-electron chi connectivity index (χ0n) is 16.3. The highest BCUT2D eigenvalue weighted by Gasteiger charge is 2.31. The number of esters is 1. The second-order valence-corrected chi connectivity index (χ2v) is 8.85. The number of carbonyl (C=O) groups is 1. The van der Waals surface area contributed by atoms with E-state index in [-0.39, 0.29) is 34.1 Å². The molecule has 6 nitrogen and oxygen atoms in total. The van der Waals surface area contributed by atoms with Gasteiger partial charge in [-0.1, -0.05) is 13.0 Å². The van der Waals surface area contributed by atoms with Gasteiger partial charge in [0.05, 0.1) is 11.5 Å². The number of thiophene rings is 1. The molecule has 0 saturated carbocycles. The highest BCUT2D eigenvalue weighted by Crippen LogP contribution is 2.38. The molecule has 0 radical (unpaired) electrons. The number of aromatic nitrogens is 2. The Kier molecular flexibility index (Phi) is 7.37. The first-order valence-electron chi connectivity index (χ1n) is 9.21. The fourth-order valence-electron chi connectivity index (χ4n) is 2.93. The standard InChI is InChI=1S/C19H22ClFN4O2S2/c1-4-27-14(26)8-7-11(2)18-25(12(3)10-29-18)24-17-15(21)16(22-19(20)23-17)13-6-5-9-28-13/h5-6,9-11,18H,4,7-8H2,1-3H3,(H,22,23,24). The van der Waals surface area contributed by atoms with E-state index in [1.54, 1.807) is 24.8 Å². The van der Waals surface area contributed by atoms with Gasteiger partial charge in [-0.3, -0.25) is 15.2 Å². The molecule has 0 amide bonds. The number of allylic oxidation sites excluding steroid dienone is 1. The Hall–Kier alpha value is -1.84. The summed E-state index contributed by atoms with van der Waals surface area (Å²) in [4.78, 5) is 20.5. The van der Waals surface area contributed by atoms with Crippen LogP contribution in [-0.4, -0.2) is 32.9 Å². The van der Waals surface area contributed by atoms with Gasteiger partial charge in [-0.05, 0) is 54.6 Å². The molecule has 156 valence electrons. The predicted octanol–water partition coefficient (Wildman–Crippen LogP) is 5.54. The minimum Gasteiger partial charge on any atom is -0.466 e. The molecular formula is C19H22ClFN4O2S2. The van der Waals surface area contributed by atoms with Crippen LogP contribution in [0.5, 0.6) is 0 Å². The van der Waals surface area contributed by atoms with Crippen LogP contribution in [0.2, 0.25) is 5.28 Å². The lowest BCUT2D eigenvalue weighted by Crippen LogP contribution is -2.38. The van der Waals surface area contributed by atoms with E-state index in [1.807, 2.05) is 28.8 Å². The minimum absolute atomic E-state index is 0.0197. The van der Waals surface area contributed by atoms with Crippen molar-refractivity contribution < 1.29 is 13.9 Å². The molecular weight excluding hydrogens is 435 g/mol. The number of hydrogen-bond acceptors (Lipinski definition) is 8. The normalized spacial score (nSPS) is 17.2. The molecule has 2 aromatic rings. The van der Waals surface area contributed by atoms with Crippen LogP contribution in [-0.2, 0) is 9.53 Å². The van der Waals surface area contributed by atoms with E-state index in [9.17, 15) is 4.79 Å². The van der Waals surface area contributed by atoms with E-state index in [4.69, 9.17) is 16.3 Å². The summed E-state index contributed by atoms with van der Waals surface area (Å²) in [6.07, 6.45) is 0.998. The molecule has 1 aliphatic heterocycles. The zero-order valence-corrected chi connectivity index (χ0v) is 18.7. The Balaban J connectivity index is 1.77. The molecule has 0 fully saturated rings. The molecule has 3 rings (SSSR count). The SMILES string of the molecule is CCOC(=O)CCC(C)C1SC=C(C)N1Nc1nc(Cl)nc(-c2cccs2)c1F. The van der Waals surface area contributed by atoms with Crippen LogP contribution >= 0.6 is 34.7 Å². The maximum Gasteiger partial charge on any atom is 0.305 e. The van der Waals surface area contributed by atoms with Gasteiger partial charge in [-0.15, -0.1) is 23.1 Å². The fraction of sp³-hybridized carbons (Fsp3) is 0.421. The Morgan fingerprint density at radius 3 is 2.97 bits per heavy atom. The summed E-state index contributed by atoms with van der Waals surface area (Å²) in [5.74, 6) is -0.603. The number of rotatable bonds is 8. The quantitative estimate of drug-likeness (QED) is 0.413. The Labute approximate surface area is 182 Å². The van der Waals surface area contributed by atoms with Crippen LogP contribution in [0.25, 0.3) is 10.6 Å². The number of hydrazine groups is 1. The fourth-order valence-corrected chi connectivity index (χ4v) is 5.00. The molecule has 1 aliphatic rings. The molecule has 0 spiro atoms. The van der Waals surface area contributed by atoms with E-state index in [1.165, 1.54) is 11.3 Å². The number of hydrogen-bond donors (Lipinski definition) is 1. The van der Waals surface area contributed by atoms with Gasteiger partial charge < -0.3 is 4.74 Å². The highest BCUT2D eigenvalue weighted by atomic mass is 35.5. The van der Waals surface area contributed by atoms with Gasteiger partial charge >= 0.3 is 5.97 Å². The van der Waals surface area contributed by atoms with Crippen molar-refractivity contribution in [3.05, 3.63) is 39.7 Å². The lowest BCUT2D eigenvalue weighted by Gasteiger charge is -2.32. The van der Waals surface area contributed by atoms with Crippen LogP contribution in [0.1, 0.15) is 33.6 Å². The molecule has 0 bridgehead atoms. The second kappa shape index (κ2) is 9.77.